The zero-order valence-corrected chi connectivity index (χ0v) is 12.7. The second kappa shape index (κ2) is 6.16. The van der Waals surface area contributed by atoms with Gasteiger partial charge in [-0.1, -0.05) is 24.3 Å². The zero-order chi connectivity index (χ0) is 17.3. The van der Waals surface area contributed by atoms with Crippen LogP contribution in [0.4, 0.5) is 4.39 Å². The molecule has 0 radical (unpaired) electrons. The quantitative estimate of drug-likeness (QED) is 0.794. The van der Waals surface area contributed by atoms with Crippen molar-refractivity contribution in [3.8, 4) is 17.1 Å². The van der Waals surface area contributed by atoms with E-state index in [2.05, 4.69) is 0 Å². The lowest BCUT2D eigenvalue weighted by Gasteiger charge is -2.14. The minimum Gasteiger partial charge on any atom is -0.479 e. The van der Waals surface area contributed by atoms with Gasteiger partial charge in [0, 0.05) is 0 Å². The predicted octanol–water partition coefficient (Wildman–Crippen LogP) is 3.45. The summed E-state index contributed by atoms with van der Waals surface area (Å²) in [4.78, 5) is 23.8. The number of benzene rings is 2. The van der Waals surface area contributed by atoms with E-state index < -0.39 is 23.3 Å². The third-order valence-electron chi connectivity index (χ3n) is 3.52. The highest BCUT2D eigenvalue weighted by atomic mass is 19.1. The number of hydrogen-bond donors (Lipinski definition) is 1. The van der Waals surface area contributed by atoms with Crippen molar-refractivity contribution in [3.63, 3.8) is 0 Å². The van der Waals surface area contributed by atoms with E-state index in [0.717, 1.165) is 0 Å². The maximum Gasteiger partial charge on any atom is 0.344 e. The third-order valence-corrected chi connectivity index (χ3v) is 3.52. The van der Waals surface area contributed by atoms with E-state index in [-0.39, 0.29) is 28.0 Å². The van der Waals surface area contributed by atoms with Gasteiger partial charge in [0.1, 0.15) is 11.4 Å². The summed E-state index contributed by atoms with van der Waals surface area (Å²) in [6.07, 6.45) is -1.29. The Labute approximate surface area is 135 Å². The fraction of sp³-hybridized carbons (Fsp3) is 0.111. The van der Waals surface area contributed by atoms with Crippen molar-refractivity contribution in [2.45, 2.75) is 13.0 Å². The molecule has 0 aliphatic carbocycles. The number of rotatable bonds is 4. The Kier molecular flexibility index (Phi) is 4.04. The smallest absolute Gasteiger partial charge is 0.344 e. The Morgan fingerprint density at radius 3 is 2.54 bits per heavy atom. The van der Waals surface area contributed by atoms with Gasteiger partial charge in [-0.05, 0) is 31.2 Å². The third kappa shape index (κ3) is 2.74. The highest BCUT2D eigenvalue weighted by molar-refractivity contribution is 5.82. The van der Waals surface area contributed by atoms with Crippen LogP contribution >= 0.6 is 0 Å². The number of aliphatic carboxylic acids is 1. The van der Waals surface area contributed by atoms with E-state index >= 15 is 0 Å². The second-order valence-corrected chi connectivity index (χ2v) is 5.16. The molecule has 0 amide bonds. The molecule has 1 aromatic heterocycles. The molecule has 6 heteroatoms. The Hall–Kier alpha value is -3.15. The monoisotopic (exact) mass is 328 g/mol. The summed E-state index contributed by atoms with van der Waals surface area (Å²) < 4.78 is 25.1. The molecular weight excluding hydrogens is 315 g/mol. The Morgan fingerprint density at radius 1 is 1.17 bits per heavy atom. The number of halogens is 1. The van der Waals surface area contributed by atoms with E-state index in [1.54, 1.807) is 24.3 Å². The fourth-order valence-corrected chi connectivity index (χ4v) is 2.28. The van der Waals surface area contributed by atoms with Gasteiger partial charge in [-0.25, -0.2) is 9.18 Å². The topological polar surface area (TPSA) is 76.7 Å². The normalized spacial score (nSPS) is 12.1. The number of ether oxygens (including phenoxy) is 1. The first-order valence-electron chi connectivity index (χ1n) is 7.19. The summed E-state index contributed by atoms with van der Waals surface area (Å²) in [7, 11) is 0. The van der Waals surface area contributed by atoms with Crippen LogP contribution in [-0.2, 0) is 4.79 Å². The van der Waals surface area contributed by atoms with Crippen LogP contribution in [0.3, 0.4) is 0 Å². The van der Waals surface area contributed by atoms with Crippen molar-refractivity contribution in [1.82, 2.24) is 0 Å². The molecule has 122 valence electrons. The maximum atomic E-state index is 14.1. The first-order chi connectivity index (χ1) is 11.5. The van der Waals surface area contributed by atoms with Gasteiger partial charge in [0.2, 0.25) is 11.2 Å². The SMILES string of the molecule is CC(Oc1c(-c2ccccc2F)oc2ccccc2c1=O)C(=O)O. The van der Waals surface area contributed by atoms with E-state index in [1.807, 2.05) is 0 Å². The predicted molar refractivity (Wildman–Crippen MR) is 85.6 cm³/mol. The highest BCUT2D eigenvalue weighted by Crippen LogP contribution is 2.32. The summed E-state index contributed by atoms with van der Waals surface area (Å²) in [6, 6.07) is 12.2. The first kappa shape index (κ1) is 15.7. The molecule has 0 fully saturated rings. The molecule has 2 aromatic carbocycles. The average molecular weight is 328 g/mol. The molecule has 1 N–H and O–H groups in total. The van der Waals surface area contributed by atoms with Crippen LogP contribution in [0.5, 0.6) is 5.75 Å². The molecule has 1 atom stereocenters. The van der Waals surface area contributed by atoms with E-state index in [1.165, 1.54) is 31.2 Å². The molecule has 0 spiro atoms. The minimum atomic E-state index is -1.29. The summed E-state index contributed by atoms with van der Waals surface area (Å²) >= 11 is 0. The van der Waals surface area contributed by atoms with Crippen molar-refractivity contribution in [2.75, 3.05) is 0 Å². The van der Waals surface area contributed by atoms with Crippen LogP contribution in [0.1, 0.15) is 6.92 Å². The number of carboxylic acids is 1. The lowest BCUT2D eigenvalue weighted by molar-refractivity contribution is -0.144. The number of hydrogen-bond acceptors (Lipinski definition) is 4. The number of carboxylic acid groups (broad SMARTS) is 1. The molecule has 0 aliphatic heterocycles. The van der Waals surface area contributed by atoms with Gasteiger partial charge in [-0.2, -0.15) is 0 Å². The Balaban J connectivity index is 2.32. The lowest BCUT2D eigenvalue weighted by atomic mass is 10.1. The second-order valence-electron chi connectivity index (χ2n) is 5.16. The molecular formula is C18H13FO5. The van der Waals surface area contributed by atoms with Gasteiger partial charge in [-0.15, -0.1) is 0 Å². The Bertz CT molecular complexity index is 977. The molecule has 0 bridgehead atoms. The van der Waals surface area contributed by atoms with Crippen molar-refractivity contribution in [3.05, 3.63) is 64.6 Å². The number of carbonyl (C=O) groups is 1. The van der Waals surface area contributed by atoms with Gasteiger partial charge in [0.25, 0.3) is 0 Å². The summed E-state index contributed by atoms with van der Waals surface area (Å²) in [5.74, 6) is -2.32. The van der Waals surface area contributed by atoms with Gasteiger partial charge in [0.15, 0.2) is 11.9 Å². The van der Waals surface area contributed by atoms with Crippen LogP contribution in [0.2, 0.25) is 0 Å². The van der Waals surface area contributed by atoms with Crippen molar-refractivity contribution in [2.24, 2.45) is 0 Å². The molecule has 24 heavy (non-hydrogen) atoms. The van der Waals surface area contributed by atoms with Crippen LogP contribution < -0.4 is 10.2 Å². The van der Waals surface area contributed by atoms with Gasteiger partial charge in [-0.3, -0.25) is 4.79 Å². The molecule has 1 unspecified atom stereocenters. The van der Waals surface area contributed by atoms with Gasteiger partial charge in [0.05, 0.1) is 10.9 Å². The standard InChI is InChI=1S/C18H13FO5/c1-10(18(21)22)23-17-15(20)12-7-3-5-9-14(12)24-16(17)11-6-2-4-8-13(11)19/h2-10H,1H3,(H,21,22). The van der Waals surface area contributed by atoms with Crippen molar-refractivity contribution >= 4 is 16.9 Å². The summed E-state index contributed by atoms with van der Waals surface area (Å²) in [6.45, 7) is 1.28. The van der Waals surface area contributed by atoms with Crippen molar-refractivity contribution in [1.29, 1.82) is 0 Å². The van der Waals surface area contributed by atoms with Crippen LogP contribution in [0.25, 0.3) is 22.3 Å². The molecule has 0 aliphatic rings. The van der Waals surface area contributed by atoms with Gasteiger partial charge < -0.3 is 14.3 Å². The minimum absolute atomic E-state index is 0.0212. The lowest BCUT2D eigenvalue weighted by Crippen LogP contribution is -2.26. The van der Waals surface area contributed by atoms with Crippen LogP contribution in [0, 0.1) is 5.82 Å². The summed E-state index contributed by atoms with van der Waals surface area (Å²) in [5.41, 5.74) is -0.271. The fourth-order valence-electron chi connectivity index (χ4n) is 2.28. The maximum absolute atomic E-state index is 14.1. The van der Waals surface area contributed by atoms with E-state index in [4.69, 9.17) is 14.3 Å². The molecule has 5 nitrogen and oxygen atoms in total. The van der Waals surface area contributed by atoms with E-state index in [0.29, 0.717) is 0 Å². The molecule has 3 aromatic rings. The summed E-state index contributed by atoms with van der Waals surface area (Å²) in [5, 5.41) is 9.26. The van der Waals surface area contributed by atoms with Crippen LogP contribution in [0.15, 0.2) is 57.7 Å². The number of fused-ring (bicyclic) bond motifs is 1. The highest BCUT2D eigenvalue weighted by Gasteiger charge is 2.23. The molecule has 3 rings (SSSR count). The largest absolute Gasteiger partial charge is 0.479 e. The van der Waals surface area contributed by atoms with E-state index in [9.17, 15) is 14.0 Å². The van der Waals surface area contributed by atoms with Crippen molar-refractivity contribution < 1.29 is 23.4 Å². The average Bonchev–Trinajstić information content (AvgIpc) is 2.57. The van der Waals surface area contributed by atoms with Crippen LogP contribution in [-0.4, -0.2) is 17.2 Å². The van der Waals surface area contributed by atoms with Gasteiger partial charge >= 0.3 is 5.97 Å². The Morgan fingerprint density at radius 2 is 1.83 bits per heavy atom. The number of para-hydroxylation sites is 1. The molecule has 1 heterocycles. The molecule has 0 saturated heterocycles. The zero-order valence-electron chi connectivity index (χ0n) is 12.7. The first-order valence-corrected chi connectivity index (χ1v) is 7.19. The molecule has 0 saturated carbocycles.